The Labute approximate surface area is 162 Å². The number of halogens is 2. The zero-order valence-electron chi connectivity index (χ0n) is 15.2. The molecule has 0 aliphatic rings. The van der Waals surface area contributed by atoms with Crippen LogP contribution in [0.1, 0.15) is 5.56 Å². The van der Waals surface area contributed by atoms with Crippen LogP contribution >= 0.6 is 11.6 Å². The fourth-order valence-corrected chi connectivity index (χ4v) is 3.19. The first-order valence-corrected chi connectivity index (χ1v) is 8.95. The van der Waals surface area contributed by atoms with Gasteiger partial charge in [-0.3, -0.25) is 4.79 Å². The normalized spacial score (nSPS) is 12.0. The van der Waals surface area contributed by atoms with Crippen LogP contribution in [-0.4, -0.2) is 26.6 Å². The third-order valence-electron chi connectivity index (χ3n) is 4.29. The summed E-state index contributed by atoms with van der Waals surface area (Å²) in [5, 5.41) is 5.15. The first-order valence-electron chi connectivity index (χ1n) is 8.57. The summed E-state index contributed by atoms with van der Waals surface area (Å²) < 4.78 is 18.3. The zero-order chi connectivity index (χ0) is 19.4. The molecule has 27 heavy (non-hydrogen) atoms. The van der Waals surface area contributed by atoms with Crippen LogP contribution in [0.4, 0.5) is 10.1 Å². The molecule has 0 bridgehead atoms. The van der Waals surface area contributed by atoms with Crippen molar-refractivity contribution >= 4 is 34.0 Å². The Morgan fingerprint density at radius 3 is 2.59 bits per heavy atom. The van der Waals surface area contributed by atoms with Gasteiger partial charge in [-0.1, -0.05) is 29.8 Å². The molecule has 1 atom stereocenters. The standard InChI is InChI=1S/C21H20ClFN2O2/c1-25(13-21(26)24-20-8-6-17(23)11-19(20)22)12-14-3-4-16-10-18(27-2)7-5-15(16)9-14/h3-11H,12-13H2,1-2H3,(H,24,26)/p+1. The molecule has 0 spiro atoms. The van der Waals surface area contributed by atoms with Crippen molar-refractivity contribution in [2.24, 2.45) is 0 Å². The van der Waals surface area contributed by atoms with E-state index in [9.17, 15) is 9.18 Å². The fourth-order valence-electron chi connectivity index (χ4n) is 2.98. The molecule has 4 nitrogen and oxygen atoms in total. The number of amides is 1. The number of anilines is 1. The van der Waals surface area contributed by atoms with E-state index >= 15 is 0 Å². The van der Waals surface area contributed by atoms with Gasteiger partial charge in [0.05, 0.1) is 24.9 Å². The predicted molar refractivity (Wildman–Crippen MR) is 106 cm³/mol. The molecule has 140 valence electrons. The highest BCUT2D eigenvalue weighted by molar-refractivity contribution is 6.33. The van der Waals surface area contributed by atoms with Crippen molar-refractivity contribution < 1.29 is 18.8 Å². The Balaban J connectivity index is 1.62. The van der Waals surface area contributed by atoms with E-state index in [-0.39, 0.29) is 17.5 Å². The number of methoxy groups -OCH3 is 1. The average molecular weight is 388 g/mol. The largest absolute Gasteiger partial charge is 0.497 e. The minimum absolute atomic E-state index is 0.175. The lowest BCUT2D eigenvalue weighted by Crippen LogP contribution is -3.08. The number of fused-ring (bicyclic) bond motifs is 1. The van der Waals surface area contributed by atoms with Crippen LogP contribution in [0.2, 0.25) is 5.02 Å². The Morgan fingerprint density at radius 2 is 1.85 bits per heavy atom. The van der Waals surface area contributed by atoms with Gasteiger partial charge >= 0.3 is 0 Å². The van der Waals surface area contributed by atoms with Crippen molar-refractivity contribution in [2.75, 3.05) is 26.0 Å². The molecule has 0 saturated heterocycles. The average Bonchev–Trinajstić information content (AvgIpc) is 2.63. The molecule has 6 heteroatoms. The number of hydrogen-bond donors (Lipinski definition) is 2. The molecule has 0 saturated carbocycles. The van der Waals surface area contributed by atoms with Gasteiger partial charge in [0.1, 0.15) is 18.1 Å². The van der Waals surface area contributed by atoms with Crippen LogP contribution in [0.15, 0.2) is 54.6 Å². The van der Waals surface area contributed by atoms with E-state index in [4.69, 9.17) is 16.3 Å². The maximum atomic E-state index is 13.1. The van der Waals surface area contributed by atoms with Crippen LogP contribution in [-0.2, 0) is 11.3 Å². The van der Waals surface area contributed by atoms with E-state index in [1.165, 1.54) is 18.2 Å². The molecule has 1 unspecified atom stereocenters. The highest BCUT2D eigenvalue weighted by Gasteiger charge is 2.13. The van der Waals surface area contributed by atoms with Crippen molar-refractivity contribution in [2.45, 2.75) is 6.54 Å². The number of ether oxygens (including phenoxy) is 1. The number of nitrogens with one attached hydrogen (secondary N) is 2. The van der Waals surface area contributed by atoms with Crippen LogP contribution in [0.3, 0.4) is 0 Å². The van der Waals surface area contributed by atoms with Gasteiger partial charge in [-0.25, -0.2) is 4.39 Å². The third-order valence-corrected chi connectivity index (χ3v) is 4.60. The van der Waals surface area contributed by atoms with Crippen molar-refractivity contribution in [3.05, 3.63) is 71.0 Å². The van der Waals surface area contributed by atoms with E-state index in [1.54, 1.807) is 7.11 Å². The number of hydrogen-bond acceptors (Lipinski definition) is 2. The second kappa shape index (κ2) is 8.37. The first-order chi connectivity index (χ1) is 12.9. The summed E-state index contributed by atoms with van der Waals surface area (Å²) in [5.41, 5.74) is 1.55. The van der Waals surface area contributed by atoms with Crippen molar-refractivity contribution in [3.8, 4) is 5.75 Å². The number of rotatable bonds is 6. The Hall–Kier alpha value is -2.63. The highest BCUT2D eigenvalue weighted by atomic mass is 35.5. The van der Waals surface area contributed by atoms with E-state index in [0.29, 0.717) is 12.2 Å². The summed E-state index contributed by atoms with van der Waals surface area (Å²) in [6.45, 7) is 0.973. The zero-order valence-corrected chi connectivity index (χ0v) is 15.9. The summed E-state index contributed by atoms with van der Waals surface area (Å²) >= 11 is 5.95. The highest BCUT2D eigenvalue weighted by Crippen LogP contribution is 2.22. The van der Waals surface area contributed by atoms with E-state index in [2.05, 4.69) is 23.5 Å². The van der Waals surface area contributed by atoms with Gasteiger partial charge in [0.25, 0.3) is 5.91 Å². The molecule has 0 heterocycles. The van der Waals surface area contributed by atoms with Crippen LogP contribution in [0.5, 0.6) is 5.75 Å². The van der Waals surface area contributed by atoms with Crippen molar-refractivity contribution in [1.29, 1.82) is 0 Å². The molecule has 0 aromatic heterocycles. The van der Waals surface area contributed by atoms with Crippen molar-refractivity contribution in [3.63, 3.8) is 0 Å². The molecule has 0 aliphatic carbocycles. The summed E-state index contributed by atoms with van der Waals surface area (Å²) in [5.74, 6) is 0.218. The van der Waals surface area contributed by atoms with Crippen LogP contribution in [0, 0.1) is 5.82 Å². The molecular formula is C21H21ClFN2O2+. The predicted octanol–water partition coefficient (Wildman–Crippen LogP) is 3.29. The van der Waals surface area contributed by atoms with Gasteiger partial charge in [-0.15, -0.1) is 0 Å². The maximum absolute atomic E-state index is 13.1. The SMILES string of the molecule is COc1ccc2cc(C[NH+](C)CC(=O)Nc3ccc(F)cc3Cl)ccc2c1. The molecule has 0 radical (unpaired) electrons. The maximum Gasteiger partial charge on any atom is 0.279 e. The lowest BCUT2D eigenvalue weighted by molar-refractivity contribution is -0.885. The first kappa shape index (κ1) is 19.1. The van der Waals surface area contributed by atoms with E-state index < -0.39 is 5.82 Å². The Bertz CT molecular complexity index is 978. The molecule has 3 rings (SSSR count). The summed E-state index contributed by atoms with van der Waals surface area (Å²) in [6, 6.07) is 16.1. The number of benzene rings is 3. The number of quaternary nitrogens is 1. The monoisotopic (exact) mass is 387 g/mol. The van der Waals surface area contributed by atoms with Gasteiger partial charge in [0.15, 0.2) is 6.54 Å². The fraction of sp³-hybridized carbons (Fsp3) is 0.190. The molecule has 3 aromatic carbocycles. The van der Waals surface area contributed by atoms with Gasteiger partial charge < -0.3 is 15.0 Å². The number of likely N-dealkylation sites (N-methyl/N-ethyl adjacent to an activating group) is 1. The minimum Gasteiger partial charge on any atom is -0.497 e. The molecule has 1 amide bonds. The van der Waals surface area contributed by atoms with E-state index in [0.717, 1.165) is 27.0 Å². The molecular weight excluding hydrogens is 367 g/mol. The molecule has 0 aliphatic heterocycles. The van der Waals surface area contributed by atoms with Gasteiger partial charge in [-0.05, 0) is 47.2 Å². The summed E-state index contributed by atoms with van der Waals surface area (Å²) in [6.07, 6.45) is 0. The van der Waals surface area contributed by atoms with Gasteiger partial charge in [0.2, 0.25) is 0 Å². The van der Waals surface area contributed by atoms with Gasteiger partial charge in [0, 0.05) is 5.56 Å². The lowest BCUT2D eigenvalue weighted by atomic mass is 10.1. The van der Waals surface area contributed by atoms with Crippen molar-refractivity contribution in [1.82, 2.24) is 0 Å². The summed E-state index contributed by atoms with van der Waals surface area (Å²) in [7, 11) is 3.60. The molecule has 0 fully saturated rings. The Morgan fingerprint density at radius 1 is 1.11 bits per heavy atom. The number of carbonyl (C=O) groups excluding carboxylic acids is 1. The van der Waals surface area contributed by atoms with Gasteiger partial charge in [-0.2, -0.15) is 0 Å². The third kappa shape index (κ3) is 4.96. The molecule has 2 N–H and O–H groups in total. The minimum atomic E-state index is -0.435. The second-order valence-electron chi connectivity index (χ2n) is 6.53. The Kier molecular flexibility index (Phi) is 5.94. The van der Waals surface area contributed by atoms with Crippen LogP contribution < -0.4 is 15.0 Å². The topological polar surface area (TPSA) is 42.8 Å². The summed E-state index contributed by atoms with van der Waals surface area (Å²) in [4.78, 5) is 13.3. The van der Waals surface area contributed by atoms with E-state index in [1.807, 2.05) is 25.2 Å². The lowest BCUT2D eigenvalue weighted by Gasteiger charge is -2.15. The number of carbonyl (C=O) groups is 1. The quantitative estimate of drug-likeness (QED) is 0.681. The molecule has 3 aromatic rings. The smallest absolute Gasteiger partial charge is 0.279 e. The second-order valence-corrected chi connectivity index (χ2v) is 6.94. The van der Waals surface area contributed by atoms with Crippen LogP contribution in [0.25, 0.3) is 10.8 Å².